The molecule has 0 amide bonds. The van der Waals surface area contributed by atoms with Gasteiger partial charge in [0.15, 0.2) is 0 Å². The van der Waals surface area contributed by atoms with Crippen LogP contribution in [0.4, 0.5) is 5.69 Å². The zero-order valence-corrected chi connectivity index (χ0v) is 18.7. The zero-order valence-electron chi connectivity index (χ0n) is 17.9. The van der Waals surface area contributed by atoms with Crippen molar-refractivity contribution in [1.82, 2.24) is 9.55 Å². The SMILES string of the molecule is Cc1ccc(-n2c(O)c(C(=NCc3ccco3)Nc3ccc(Cl)cc3)c(=O)[nH]c2=O)c(C)c1. The lowest BCUT2D eigenvalue weighted by Crippen LogP contribution is -2.35. The molecule has 0 bridgehead atoms. The van der Waals surface area contributed by atoms with Gasteiger partial charge in [-0.05, 0) is 61.9 Å². The summed E-state index contributed by atoms with van der Waals surface area (Å²) in [7, 11) is 0. The van der Waals surface area contributed by atoms with E-state index in [9.17, 15) is 14.7 Å². The number of H-pyrrole nitrogens is 1. The van der Waals surface area contributed by atoms with Crippen LogP contribution in [0.3, 0.4) is 0 Å². The first kappa shape index (κ1) is 22.2. The van der Waals surface area contributed by atoms with Crippen molar-refractivity contribution in [2.45, 2.75) is 20.4 Å². The second kappa shape index (κ2) is 9.22. The second-order valence-corrected chi connectivity index (χ2v) is 7.90. The Morgan fingerprint density at radius 1 is 1.15 bits per heavy atom. The summed E-state index contributed by atoms with van der Waals surface area (Å²) in [6.45, 7) is 3.84. The second-order valence-electron chi connectivity index (χ2n) is 7.46. The molecule has 2 aromatic heterocycles. The van der Waals surface area contributed by atoms with Crippen molar-refractivity contribution in [3.8, 4) is 11.6 Å². The molecule has 0 aliphatic heterocycles. The molecule has 0 saturated carbocycles. The van der Waals surface area contributed by atoms with Crippen molar-refractivity contribution < 1.29 is 9.52 Å². The van der Waals surface area contributed by atoms with Gasteiger partial charge < -0.3 is 14.8 Å². The lowest BCUT2D eigenvalue weighted by Gasteiger charge is -2.16. The molecule has 8 nitrogen and oxygen atoms in total. The Bertz CT molecular complexity index is 1440. The van der Waals surface area contributed by atoms with Gasteiger partial charge in [0.1, 0.15) is 17.2 Å². The van der Waals surface area contributed by atoms with Gasteiger partial charge in [-0.15, -0.1) is 0 Å². The Balaban J connectivity index is 1.88. The molecule has 0 unspecified atom stereocenters. The molecule has 0 saturated heterocycles. The van der Waals surface area contributed by atoms with Gasteiger partial charge in [0.05, 0.1) is 18.5 Å². The molecule has 33 heavy (non-hydrogen) atoms. The summed E-state index contributed by atoms with van der Waals surface area (Å²) in [6, 6.07) is 15.6. The van der Waals surface area contributed by atoms with Crippen LogP contribution < -0.4 is 16.6 Å². The molecule has 168 valence electrons. The van der Waals surface area contributed by atoms with E-state index in [2.05, 4.69) is 15.3 Å². The number of hydrogen-bond acceptors (Lipinski definition) is 5. The zero-order chi connectivity index (χ0) is 23.5. The lowest BCUT2D eigenvalue weighted by atomic mass is 10.1. The fourth-order valence-corrected chi connectivity index (χ4v) is 3.55. The van der Waals surface area contributed by atoms with Crippen molar-refractivity contribution in [2.24, 2.45) is 4.99 Å². The molecule has 4 rings (SSSR count). The fraction of sp³-hybridized carbons (Fsp3) is 0.125. The quantitative estimate of drug-likeness (QED) is 0.303. The van der Waals surface area contributed by atoms with Crippen LogP contribution in [-0.4, -0.2) is 20.5 Å². The standard InChI is InChI=1S/C24H21ClN4O4/c1-14-5-10-19(15(2)12-14)29-23(31)20(22(30)28-24(29)32)21(26-13-18-4-3-11-33-18)27-17-8-6-16(25)7-9-17/h3-12,31H,13H2,1-2H3,(H,26,27)(H,28,30,32). The van der Waals surface area contributed by atoms with Crippen molar-refractivity contribution >= 4 is 23.1 Å². The highest BCUT2D eigenvalue weighted by atomic mass is 35.5. The Morgan fingerprint density at radius 3 is 2.58 bits per heavy atom. The number of anilines is 1. The molecule has 0 atom stereocenters. The smallest absolute Gasteiger partial charge is 0.335 e. The third kappa shape index (κ3) is 4.75. The van der Waals surface area contributed by atoms with Crippen molar-refractivity contribution in [1.29, 1.82) is 0 Å². The van der Waals surface area contributed by atoms with Crippen LogP contribution in [0.25, 0.3) is 5.69 Å². The van der Waals surface area contributed by atoms with Gasteiger partial charge in [-0.3, -0.25) is 14.8 Å². The number of aryl methyl sites for hydroxylation is 2. The van der Waals surface area contributed by atoms with Crippen LogP contribution in [0.5, 0.6) is 5.88 Å². The molecule has 0 spiro atoms. The summed E-state index contributed by atoms with van der Waals surface area (Å²) in [6.07, 6.45) is 1.52. The van der Waals surface area contributed by atoms with Gasteiger partial charge in [0.2, 0.25) is 5.88 Å². The first-order chi connectivity index (χ1) is 15.8. The summed E-state index contributed by atoms with van der Waals surface area (Å²) in [5.41, 5.74) is 1.06. The summed E-state index contributed by atoms with van der Waals surface area (Å²) in [5, 5.41) is 14.7. The normalized spacial score (nSPS) is 11.5. The maximum Gasteiger partial charge on any atom is 0.335 e. The lowest BCUT2D eigenvalue weighted by molar-refractivity contribution is 0.429. The predicted molar refractivity (Wildman–Crippen MR) is 128 cm³/mol. The molecule has 0 aliphatic carbocycles. The minimum atomic E-state index is -0.779. The van der Waals surface area contributed by atoms with Crippen LogP contribution >= 0.6 is 11.6 Å². The minimum absolute atomic E-state index is 0.0611. The van der Waals surface area contributed by atoms with Crippen LogP contribution in [0.1, 0.15) is 22.5 Å². The number of rotatable bonds is 5. The van der Waals surface area contributed by atoms with Gasteiger partial charge in [-0.25, -0.2) is 9.36 Å². The van der Waals surface area contributed by atoms with Crippen LogP contribution in [0.15, 0.2) is 79.9 Å². The Labute approximate surface area is 193 Å². The van der Waals surface area contributed by atoms with E-state index in [0.717, 1.165) is 15.7 Å². The average molecular weight is 465 g/mol. The number of halogens is 1. The van der Waals surface area contributed by atoms with Crippen LogP contribution in [0.2, 0.25) is 5.02 Å². The maximum atomic E-state index is 12.8. The number of nitrogens with one attached hydrogen (secondary N) is 2. The molecule has 0 radical (unpaired) electrons. The summed E-state index contributed by atoms with van der Waals surface area (Å²) in [4.78, 5) is 32.3. The number of amidine groups is 1. The number of nitrogens with zero attached hydrogens (tertiary/aromatic N) is 2. The molecule has 2 heterocycles. The average Bonchev–Trinajstić information content (AvgIpc) is 3.28. The monoisotopic (exact) mass is 464 g/mol. The number of aromatic amines is 1. The van der Waals surface area contributed by atoms with E-state index in [1.165, 1.54) is 6.26 Å². The molecule has 0 aliphatic rings. The van der Waals surface area contributed by atoms with Crippen LogP contribution in [0, 0.1) is 13.8 Å². The Kier molecular flexibility index (Phi) is 6.19. The number of benzene rings is 2. The fourth-order valence-electron chi connectivity index (χ4n) is 3.43. The van der Waals surface area contributed by atoms with E-state index in [1.807, 2.05) is 26.0 Å². The van der Waals surface area contributed by atoms with Crippen LogP contribution in [-0.2, 0) is 6.54 Å². The first-order valence-electron chi connectivity index (χ1n) is 10.1. The molecule has 9 heteroatoms. The van der Waals surface area contributed by atoms with Crippen molar-refractivity contribution in [2.75, 3.05) is 5.32 Å². The van der Waals surface area contributed by atoms with Gasteiger partial charge in [0.25, 0.3) is 5.56 Å². The van der Waals surface area contributed by atoms with E-state index >= 15 is 0 Å². The molecular formula is C24H21ClN4O4. The number of aliphatic imine (C=N–C) groups is 1. The summed E-state index contributed by atoms with van der Waals surface area (Å²) in [5.74, 6) is 0.0883. The van der Waals surface area contributed by atoms with Crippen molar-refractivity contribution in [3.63, 3.8) is 0 Å². The number of hydrogen-bond donors (Lipinski definition) is 3. The summed E-state index contributed by atoms with van der Waals surface area (Å²) < 4.78 is 6.38. The minimum Gasteiger partial charge on any atom is -0.493 e. The highest BCUT2D eigenvalue weighted by Crippen LogP contribution is 2.22. The van der Waals surface area contributed by atoms with E-state index in [4.69, 9.17) is 16.0 Å². The van der Waals surface area contributed by atoms with Gasteiger partial charge in [0, 0.05) is 10.7 Å². The van der Waals surface area contributed by atoms with E-state index in [-0.39, 0.29) is 17.9 Å². The number of aromatic nitrogens is 2. The third-order valence-electron chi connectivity index (χ3n) is 5.00. The van der Waals surface area contributed by atoms with E-state index in [0.29, 0.717) is 22.2 Å². The molecular weight excluding hydrogens is 444 g/mol. The van der Waals surface area contributed by atoms with Gasteiger partial charge >= 0.3 is 5.69 Å². The molecule has 4 aromatic rings. The first-order valence-corrected chi connectivity index (χ1v) is 10.5. The van der Waals surface area contributed by atoms with Crippen molar-refractivity contribution in [3.05, 3.63) is 109 Å². The predicted octanol–water partition coefficient (Wildman–Crippen LogP) is 4.15. The van der Waals surface area contributed by atoms with Gasteiger partial charge in [-0.2, -0.15) is 0 Å². The highest BCUT2D eigenvalue weighted by Gasteiger charge is 2.21. The van der Waals surface area contributed by atoms with E-state index < -0.39 is 17.1 Å². The Hall–Kier alpha value is -4.04. The molecule has 3 N–H and O–H groups in total. The number of aromatic hydroxyl groups is 1. The molecule has 0 fully saturated rings. The Morgan fingerprint density at radius 2 is 1.91 bits per heavy atom. The summed E-state index contributed by atoms with van der Waals surface area (Å²) >= 11 is 5.97. The maximum absolute atomic E-state index is 12.8. The van der Waals surface area contributed by atoms with E-state index in [1.54, 1.807) is 42.5 Å². The third-order valence-corrected chi connectivity index (χ3v) is 5.25. The highest BCUT2D eigenvalue weighted by molar-refractivity contribution is 6.30. The largest absolute Gasteiger partial charge is 0.493 e. The number of furan rings is 1. The molecule has 2 aromatic carbocycles. The van der Waals surface area contributed by atoms with Gasteiger partial charge in [-0.1, -0.05) is 29.3 Å². The topological polar surface area (TPSA) is 113 Å².